The van der Waals surface area contributed by atoms with E-state index in [1.165, 1.54) is 0 Å². The molecule has 6 N–H and O–H groups in total. The minimum Gasteiger partial charge on any atom is -0.462 e. The van der Waals surface area contributed by atoms with Crippen LogP contribution in [0.25, 0.3) is 0 Å². The maximum atomic E-state index is 14.2. The largest absolute Gasteiger partial charge is 0.462 e. The number of rotatable bonds is 9. The topological polar surface area (TPSA) is 213 Å². The van der Waals surface area contributed by atoms with E-state index in [9.17, 15) is 33.6 Å². The molecule has 0 radical (unpaired) electrons. The number of carbonyl (C=O) groups is 7. The number of amides is 6. The summed E-state index contributed by atoms with van der Waals surface area (Å²) in [6.07, 6.45) is -0.170. The summed E-state index contributed by atoms with van der Waals surface area (Å²) < 4.78 is 10.8. The molecule has 2 aliphatic heterocycles. The first-order chi connectivity index (χ1) is 26.3. The van der Waals surface area contributed by atoms with Crippen molar-refractivity contribution in [3.05, 3.63) is 34.9 Å². The predicted octanol–water partition coefficient (Wildman–Crippen LogP) is 0.995. The Hall–Kier alpha value is -3.71. The Morgan fingerprint density at radius 2 is 1.61 bits per heavy atom. The summed E-state index contributed by atoms with van der Waals surface area (Å²) in [6.45, 7) is 14.8. The minimum atomic E-state index is -1.51. The molecule has 2 aliphatic rings. The molecule has 16 nitrogen and oxygen atoms in total. The summed E-state index contributed by atoms with van der Waals surface area (Å²) in [5.41, 5.74) is 1.10. The van der Waals surface area contributed by atoms with E-state index in [0.717, 1.165) is 5.56 Å². The summed E-state index contributed by atoms with van der Waals surface area (Å²) in [6, 6.07) is -1.56. The van der Waals surface area contributed by atoms with Crippen molar-refractivity contribution in [1.82, 2.24) is 36.8 Å². The molecule has 1 saturated heterocycles. The SMILES string of the molecule is Cc1ccc2cc1CNC(=O)[C@@H]1CCCN1[C@H](C(=O)NC(C)(C)C)[C@H](C)NC(=O)[C@H]([C@@H](C)OCP)NC(=O)[C@H](CC(=O)OCP)NC(=O)[C@H](CC(C)C)NC2=O. The van der Waals surface area contributed by atoms with Gasteiger partial charge < -0.3 is 41.4 Å². The Bertz CT molecular complexity index is 1610. The van der Waals surface area contributed by atoms with Gasteiger partial charge in [-0.3, -0.25) is 38.5 Å². The van der Waals surface area contributed by atoms with Gasteiger partial charge in [-0.15, -0.1) is 9.24 Å². The highest BCUT2D eigenvalue weighted by molar-refractivity contribution is 7.16. The van der Waals surface area contributed by atoms with Gasteiger partial charge in [0.2, 0.25) is 29.5 Å². The van der Waals surface area contributed by atoms with Crippen LogP contribution in [0.5, 0.6) is 0 Å². The third kappa shape index (κ3) is 13.5. The van der Waals surface area contributed by atoms with Crippen LogP contribution in [0, 0.1) is 12.8 Å². The first-order valence-electron chi connectivity index (χ1n) is 19.1. The highest BCUT2D eigenvalue weighted by atomic mass is 31.0. The summed E-state index contributed by atoms with van der Waals surface area (Å²) in [5, 5.41) is 16.9. The number of carbonyl (C=O) groups excluding carboxylic acids is 7. The van der Waals surface area contributed by atoms with Crippen LogP contribution in [0.3, 0.4) is 0 Å². The molecule has 6 amide bonds. The average Bonchev–Trinajstić information content (AvgIpc) is 3.57. The zero-order valence-electron chi connectivity index (χ0n) is 33.8. The third-order valence-electron chi connectivity index (χ3n) is 9.61. The molecule has 3 rings (SSSR count). The molecule has 2 bridgehead atoms. The van der Waals surface area contributed by atoms with E-state index in [4.69, 9.17) is 9.47 Å². The van der Waals surface area contributed by atoms with Crippen molar-refractivity contribution >= 4 is 59.9 Å². The van der Waals surface area contributed by atoms with Crippen molar-refractivity contribution in [2.24, 2.45) is 5.92 Å². The number of fused-ring (bicyclic) bond motifs is 3. The van der Waals surface area contributed by atoms with E-state index in [0.29, 0.717) is 24.9 Å². The highest BCUT2D eigenvalue weighted by Crippen LogP contribution is 2.24. The van der Waals surface area contributed by atoms with Crippen molar-refractivity contribution in [3.63, 3.8) is 0 Å². The molecule has 0 aliphatic carbocycles. The van der Waals surface area contributed by atoms with Gasteiger partial charge in [0.15, 0.2) is 0 Å². The van der Waals surface area contributed by atoms with Crippen molar-refractivity contribution in [2.45, 2.75) is 136 Å². The van der Waals surface area contributed by atoms with Gasteiger partial charge in [0, 0.05) is 17.6 Å². The Kier molecular flexibility index (Phi) is 17.6. The smallest absolute Gasteiger partial charge is 0.308 e. The monoisotopic (exact) mass is 821 g/mol. The molecule has 2 heterocycles. The number of benzene rings is 1. The van der Waals surface area contributed by atoms with Gasteiger partial charge >= 0.3 is 5.97 Å². The average molecular weight is 822 g/mol. The number of hydrogen-bond acceptors (Lipinski definition) is 10. The third-order valence-corrected chi connectivity index (χ3v) is 9.97. The predicted molar refractivity (Wildman–Crippen MR) is 217 cm³/mol. The van der Waals surface area contributed by atoms with E-state index in [1.54, 1.807) is 36.9 Å². The molecule has 2 unspecified atom stereocenters. The number of nitrogens with zero attached hydrogens (tertiary/aromatic N) is 1. The lowest BCUT2D eigenvalue weighted by molar-refractivity contribution is -0.145. The molecule has 18 heteroatoms. The van der Waals surface area contributed by atoms with Crippen LogP contribution in [0.15, 0.2) is 18.2 Å². The summed E-state index contributed by atoms with van der Waals surface area (Å²) in [5.74, 6) is -4.45. The molecule has 312 valence electrons. The van der Waals surface area contributed by atoms with Gasteiger partial charge in [0.05, 0.1) is 31.0 Å². The highest BCUT2D eigenvalue weighted by Gasteiger charge is 2.43. The van der Waals surface area contributed by atoms with E-state index in [2.05, 4.69) is 50.4 Å². The normalized spacial score (nSPS) is 25.4. The van der Waals surface area contributed by atoms with Gasteiger partial charge in [-0.2, -0.15) is 0 Å². The Morgan fingerprint density at radius 3 is 2.23 bits per heavy atom. The van der Waals surface area contributed by atoms with Crippen LogP contribution < -0.4 is 31.9 Å². The van der Waals surface area contributed by atoms with Crippen molar-refractivity contribution in [3.8, 4) is 0 Å². The lowest BCUT2D eigenvalue weighted by Crippen LogP contribution is -2.65. The number of aryl methyl sites for hydroxylation is 1. The fraction of sp³-hybridized carbons (Fsp3) is 0.658. The van der Waals surface area contributed by atoms with E-state index in [1.807, 2.05) is 41.5 Å². The summed E-state index contributed by atoms with van der Waals surface area (Å²) >= 11 is 0. The van der Waals surface area contributed by atoms with Crippen LogP contribution in [0.1, 0.15) is 95.6 Å². The van der Waals surface area contributed by atoms with E-state index >= 15 is 0 Å². The maximum Gasteiger partial charge on any atom is 0.308 e. The summed E-state index contributed by atoms with van der Waals surface area (Å²) in [7, 11) is 4.62. The first-order valence-corrected chi connectivity index (χ1v) is 20.7. The zero-order chi connectivity index (χ0) is 41.9. The van der Waals surface area contributed by atoms with Crippen molar-refractivity contribution < 1.29 is 43.0 Å². The lowest BCUT2D eigenvalue weighted by Gasteiger charge is -2.38. The Labute approximate surface area is 334 Å². The second kappa shape index (κ2) is 21.2. The van der Waals surface area contributed by atoms with Gasteiger partial charge in [0.1, 0.15) is 30.5 Å². The number of esters is 1. The molecule has 9 atom stereocenters. The van der Waals surface area contributed by atoms with Crippen LogP contribution in [0.4, 0.5) is 0 Å². The second-order valence-electron chi connectivity index (χ2n) is 15.9. The van der Waals surface area contributed by atoms with E-state index in [-0.39, 0.29) is 43.1 Å². The lowest BCUT2D eigenvalue weighted by atomic mass is 10.0. The molecule has 1 aromatic rings. The fourth-order valence-corrected chi connectivity index (χ4v) is 7.34. The number of hydrogen-bond donors (Lipinski definition) is 6. The molecule has 1 aromatic carbocycles. The number of nitrogens with one attached hydrogen (secondary N) is 6. The molecule has 0 saturated carbocycles. The molecular weight excluding hydrogens is 760 g/mol. The van der Waals surface area contributed by atoms with Gasteiger partial charge in [0.25, 0.3) is 5.91 Å². The van der Waals surface area contributed by atoms with Gasteiger partial charge in [-0.25, -0.2) is 0 Å². The zero-order valence-corrected chi connectivity index (χ0v) is 36.1. The van der Waals surface area contributed by atoms with Crippen LogP contribution in [-0.4, -0.2) is 113 Å². The molecule has 1 fully saturated rings. The summed E-state index contributed by atoms with van der Waals surface area (Å²) in [4.78, 5) is 98.2. The Morgan fingerprint density at radius 1 is 0.929 bits per heavy atom. The molecule has 0 spiro atoms. The first kappa shape index (κ1) is 46.7. The molecular formula is C38H61N7O9P2. The second-order valence-corrected chi connectivity index (χ2v) is 16.5. The Balaban J connectivity index is 2.16. The van der Waals surface area contributed by atoms with Crippen LogP contribution >= 0.6 is 18.5 Å². The fourth-order valence-electron chi connectivity index (χ4n) is 6.85. The van der Waals surface area contributed by atoms with Crippen molar-refractivity contribution in [2.75, 3.05) is 19.2 Å². The molecule has 0 aromatic heterocycles. The van der Waals surface area contributed by atoms with Gasteiger partial charge in [-0.05, 0) is 96.5 Å². The minimum absolute atomic E-state index is 0.0589. The standard InChI is InChI=1S/C38H61N7O9P2/c1-20(2)14-26-33(48)42-27(16-29(46)54-19-56)34(49)43-30(23(5)53-18-55)36(51)40-22(4)31(37(52)44-38(6,7)8)45-13-9-10-28(45)35(50)39-17-25-15-24(32(47)41-26)12-11-21(25)3/h11-12,15,20,22-23,26-28,30-31H,9-10,13-14,16-19,55-56H2,1-8H3,(H,39,50)(H,40,51)(H,41,47)(H,42,48)(H,43,49)(H,44,52)/t22-,23+,26-,27-,28-,30-,31-/m0/s1. The van der Waals surface area contributed by atoms with Gasteiger partial charge in [-0.1, -0.05) is 29.2 Å². The quantitative estimate of drug-likeness (QED) is 0.154. The number of ether oxygens (including phenoxy) is 2. The van der Waals surface area contributed by atoms with E-state index < -0.39 is 89.8 Å². The van der Waals surface area contributed by atoms with Crippen LogP contribution in [-0.2, 0) is 44.8 Å². The van der Waals surface area contributed by atoms with Crippen LogP contribution in [0.2, 0.25) is 0 Å². The molecule has 56 heavy (non-hydrogen) atoms. The maximum absolute atomic E-state index is 14.2. The van der Waals surface area contributed by atoms with Crippen molar-refractivity contribution in [1.29, 1.82) is 0 Å².